The van der Waals surface area contributed by atoms with Gasteiger partial charge < -0.3 is 9.84 Å². The van der Waals surface area contributed by atoms with Gasteiger partial charge in [0.1, 0.15) is 17.4 Å². The Balaban J connectivity index is 2.26. The summed E-state index contributed by atoms with van der Waals surface area (Å²) in [5.74, 6) is -0.728. The fourth-order valence-electron chi connectivity index (χ4n) is 1.60. The summed E-state index contributed by atoms with van der Waals surface area (Å²) in [6, 6.07) is 6.67. The van der Waals surface area contributed by atoms with Crippen molar-refractivity contribution in [2.24, 2.45) is 5.92 Å². The van der Waals surface area contributed by atoms with Crippen molar-refractivity contribution < 1.29 is 14.6 Å². The average Bonchev–Trinajstić information content (AvgIpc) is 3.09. The van der Waals surface area contributed by atoms with Crippen molar-refractivity contribution in [2.75, 3.05) is 0 Å². The van der Waals surface area contributed by atoms with Gasteiger partial charge in [0.15, 0.2) is 6.10 Å². The summed E-state index contributed by atoms with van der Waals surface area (Å²) in [5.41, 5.74) is 0.182. The number of ether oxygens (including phenoxy) is 1. The van der Waals surface area contributed by atoms with E-state index in [1.807, 2.05) is 6.07 Å². The van der Waals surface area contributed by atoms with E-state index in [9.17, 15) is 4.79 Å². The SMILES string of the molecule is N#Cc1c(Cl)cccc1OC(C(=O)O)C1CC1. The molecule has 0 radical (unpaired) electrons. The minimum Gasteiger partial charge on any atom is -0.478 e. The van der Waals surface area contributed by atoms with Gasteiger partial charge in [-0.3, -0.25) is 0 Å². The van der Waals surface area contributed by atoms with Crippen LogP contribution >= 0.6 is 11.6 Å². The van der Waals surface area contributed by atoms with E-state index < -0.39 is 12.1 Å². The van der Waals surface area contributed by atoms with Crippen molar-refractivity contribution >= 4 is 17.6 Å². The lowest BCUT2D eigenvalue weighted by Gasteiger charge is -2.15. The Labute approximate surface area is 103 Å². The normalized spacial score (nSPS) is 16.0. The first-order valence-corrected chi connectivity index (χ1v) is 5.59. The topological polar surface area (TPSA) is 70.3 Å². The molecule has 1 atom stereocenters. The lowest BCUT2D eigenvalue weighted by Crippen LogP contribution is -2.29. The van der Waals surface area contributed by atoms with Gasteiger partial charge in [0.25, 0.3) is 0 Å². The van der Waals surface area contributed by atoms with Crippen molar-refractivity contribution in [3.8, 4) is 11.8 Å². The number of carboxylic acids is 1. The van der Waals surface area contributed by atoms with Gasteiger partial charge in [0, 0.05) is 5.92 Å². The first-order chi connectivity index (χ1) is 8.13. The molecule has 0 amide bonds. The van der Waals surface area contributed by atoms with Crippen LogP contribution in [0.4, 0.5) is 0 Å². The highest BCUT2D eigenvalue weighted by atomic mass is 35.5. The minimum atomic E-state index is -1.00. The third-order valence-corrected chi connectivity index (χ3v) is 2.95. The van der Waals surface area contributed by atoms with Crippen molar-refractivity contribution in [3.63, 3.8) is 0 Å². The molecule has 1 fully saturated rings. The largest absolute Gasteiger partial charge is 0.478 e. The Bertz CT molecular complexity index is 491. The molecule has 2 rings (SSSR count). The van der Waals surface area contributed by atoms with Gasteiger partial charge in [-0.05, 0) is 25.0 Å². The number of halogens is 1. The molecule has 1 aromatic rings. The zero-order valence-electron chi connectivity index (χ0n) is 8.89. The highest BCUT2D eigenvalue weighted by molar-refractivity contribution is 6.31. The number of carboxylic acid groups (broad SMARTS) is 1. The fourth-order valence-corrected chi connectivity index (χ4v) is 1.80. The standard InChI is InChI=1S/C12H10ClNO3/c13-9-2-1-3-10(8(9)6-14)17-11(12(15)16)7-4-5-7/h1-3,7,11H,4-5H2,(H,15,16). The second-order valence-electron chi connectivity index (χ2n) is 3.94. The second kappa shape index (κ2) is 4.64. The number of aliphatic carboxylic acids is 1. The van der Waals surface area contributed by atoms with Crippen molar-refractivity contribution in [1.29, 1.82) is 5.26 Å². The van der Waals surface area contributed by atoms with E-state index in [1.54, 1.807) is 18.2 Å². The Morgan fingerprint density at radius 3 is 2.82 bits per heavy atom. The molecule has 1 saturated carbocycles. The fraction of sp³-hybridized carbons (Fsp3) is 0.333. The van der Waals surface area contributed by atoms with E-state index in [0.717, 1.165) is 12.8 Å². The number of rotatable bonds is 4. The zero-order chi connectivity index (χ0) is 12.4. The number of benzene rings is 1. The van der Waals surface area contributed by atoms with Gasteiger partial charge in [0.2, 0.25) is 0 Å². The number of nitrogens with zero attached hydrogens (tertiary/aromatic N) is 1. The highest BCUT2D eigenvalue weighted by Gasteiger charge is 2.38. The molecular weight excluding hydrogens is 242 g/mol. The summed E-state index contributed by atoms with van der Waals surface area (Å²) in [6.07, 6.45) is 0.805. The molecule has 0 aliphatic heterocycles. The molecule has 1 aliphatic rings. The lowest BCUT2D eigenvalue weighted by molar-refractivity contribution is -0.146. The quantitative estimate of drug-likeness (QED) is 0.892. The summed E-state index contributed by atoms with van der Waals surface area (Å²) < 4.78 is 5.40. The Morgan fingerprint density at radius 2 is 2.29 bits per heavy atom. The Kier molecular flexibility index (Phi) is 3.21. The molecule has 1 unspecified atom stereocenters. The van der Waals surface area contributed by atoms with Crippen LogP contribution in [-0.2, 0) is 4.79 Å². The molecule has 0 bridgehead atoms. The summed E-state index contributed by atoms with van der Waals surface area (Å²) in [6.45, 7) is 0. The Morgan fingerprint density at radius 1 is 1.59 bits per heavy atom. The van der Waals surface area contributed by atoms with Crippen LogP contribution < -0.4 is 4.74 Å². The van der Waals surface area contributed by atoms with Crippen LogP contribution in [0.5, 0.6) is 5.75 Å². The van der Waals surface area contributed by atoms with Gasteiger partial charge in [-0.2, -0.15) is 5.26 Å². The van der Waals surface area contributed by atoms with Crippen LogP contribution in [0.25, 0.3) is 0 Å². The van der Waals surface area contributed by atoms with Gasteiger partial charge >= 0.3 is 5.97 Å². The van der Waals surface area contributed by atoms with Gasteiger partial charge in [-0.25, -0.2) is 4.79 Å². The van der Waals surface area contributed by atoms with E-state index in [2.05, 4.69) is 0 Å². The maximum Gasteiger partial charge on any atom is 0.345 e. The molecule has 5 heteroatoms. The van der Waals surface area contributed by atoms with Gasteiger partial charge in [-0.15, -0.1) is 0 Å². The maximum absolute atomic E-state index is 11.0. The highest BCUT2D eigenvalue weighted by Crippen LogP contribution is 2.36. The molecule has 0 saturated heterocycles. The molecule has 1 aromatic carbocycles. The molecule has 1 N–H and O–H groups in total. The maximum atomic E-state index is 11.0. The monoisotopic (exact) mass is 251 g/mol. The Hall–Kier alpha value is -1.73. The van der Waals surface area contributed by atoms with E-state index >= 15 is 0 Å². The minimum absolute atomic E-state index is 0.0398. The van der Waals surface area contributed by atoms with E-state index in [-0.39, 0.29) is 22.3 Å². The number of carbonyl (C=O) groups is 1. The van der Waals surface area contributed by atoms with E-state index in [0.29, 0.717) is 0 Å². The van der Waals surface area contributed by atoms with Gasteiger partial charge in [-0.1, -0.05) is 17.7 Å². The number of hydrogen-bond acceptors (Lipinski definition) is 3. The van der Waals surface area contributed by atoms with Crippen LogP contribution in [0.1, 0.15) is 18.4 Å². The molecule has 0 heterocycles. The lowest BCUT2D eigenvalue weighted by atomic mass is 10.2. The zero-order valence-corrected chi connectivity index (χ0v) is 9.65. The van der Waals surface area contributed by atoms with Crippen molar-refractivity contribution in [1.82, 2.24) is 0 Å². The molecule has 17 heavy (non-hydrogen) atoms. The summed E-state index contributed by atoms with van der Waals surface area (Å²) in [7, 11) is 0. The number of hydrogen-bond donors (Lipinski definition) is 1. The summed E-state index contributed by atoms with van der Waals surface area (Å²) >= 11 is 5.84. The first kappa shape index (κ1) is 11.7. The van der Waals surface area contributed by atoms with E-state index in [1.165, 1.54) is 0 Å². The van der Waals surface area contributed by atoms with Crippen LogP contribution in [0.3, 0.4) is 0 Å². The van der Waals surface area contributed by atoms with Crippen LogP contribution in [0, 0.1) is 17.2 Å². The van der Waals surface area contributed by atoms with Crippen molar-refractivity contribution in [3.05, 3.63) is 28.8 Å². The third-order valence-electron chi connectivity index (χ3n) is 2.63. The summed E-state index contributed by atoms with van der Waals surface area (Å²) in [4.78, 5) is 11.0. The van der Waals surface area contributed by atoms with Crippen LogP contribution in [-0.4, -0.2) is 17.2 Å². The van der Waals surface area contributed by atoms with Crippen LogP contribution in [0.2, 0.25) is 5.02 Å². The number of nitriles is 1. The molecule has 1 aliphatic carbocycles. The van der Waals surface area contributed by atoms with Crippen molar-refractivity contribution in [2.45, 2.75) is 18.9 Å². The second-order valence-corrected chi connectivity index (χ2v) is 4.35. The summed E-state index contributed by atoms with van der Waals surface area (Å²) in [5, 5.41) is 18.2. The third kappa shape index (κ3) is 2.51. The molecule has 0 aromatic heterocycles. The predicted octanol–water partition coefficient (Wildman–Crippen LogP) is 2.45. The molecular formula is C12H10ClNO3. The molecule has 0 spiro atoms. The van der Waals surface area contributed by atoms with Crippen LogP contribution in [0.15, 0.2) is 18.2 Å². The van der Waals surface area contributed by atoms with Gasteiger partial charge in [0.05, 0.1) is 5.02 Å². The first-order valence-electron chi connectivity index (χ1n) is 5.21. The predicted molar refractivity (Wildman–Crippen MR) is 60.9 cm³/mol. The average molecular weight is 252 g/mol. The van der Waals surface area contributed by atoms with E-state index in [4.69, 9.17) is 26.7 Å². The molecule has 88 valence electrons. The smallest absolute Gasteiger partial charge is 0.345 e. The molecule has 4 nitrogen and oxygen atoms in total.